The van der Waals surface area contributed by atoms with Crippen LogP contribution in [0.25, 0.3) is 0 Å². The number of nitrogens with zero attached hydrogens (tertiary/aromatic N) is 1. The van der Waals surface area contributed by atoms with Gasteiger partial charge in [0, 0.05) is 18.9 Å². The lowest BCUT2D eigenvalue weighted by molar-refractivity contribution is -0.128. The summed E-state index contributed by atoms with van der Waals surface area (Å²) < 4.78 is 23.9. The van der Waals surface area contributed by atoms with Gasteiger partial charge in [0.2, 0.25) is 0 Å². The van der Waals surface area contributed by atoms with E-state index in [0.29, 0.717) is 18.9 Å². The van der Waals surface area contributed by atoms with E-state index in [4.69, 9.17) is 15.2 Å². The molecule has 106 valence electrons. The zero-order valence-corrected chi connectivity index (χ0v) is 11.1. The summed E-state index contributed by atoms with van der Waals surface area (Å²) in [6.45, 7) is 4.65. The van der Waals surface area contributed by atoms with Crippen LogP contribution in [0.5, 0.6) is 0 Å². The van der Waals surface area contributed by atoms with Gasteiger partial charge in [-0.15, -0.1) is 0 Å². The molecule has 1 aromatic carbocycles. The molecule has 6 heteroatoms. The number of urea groups is 1. The fourth-order valence-electron chi connectivity index (χ4n) is 1.64. The van der Waals surface area contributed by atoms with Crippen molar-refractivity contribution in [2.45, 2.75) is 20.1 Å². The molecule has 0 heterocycles. The SMILES string of the molecule is CCOC(CN(C(N)=O)c1cccc(F)c1)OCC. The normalized spacial score (nSPS) is 10.7. The first-order chi connectivity index (χ1) is 9.08. The third-order valence-electron chi connectivity index (χ3n) is 2.42. The molecule has 0 saturated heterocycles. The van der Waals surface area contributed by atoms with Crippen LogP contribution in [0.3, 0.4) is 0 Å². The van der Waals surface area contributed by atoms with Crippen molar-refractivity contribution in [1.29, 1.82) is 0 Å². The fourth-order valence-corrected chi connectivity index (χ4v) is 1.64. The lowest BCUT2D eigenvalue weighted by atomic mass is 10.3. The number of amides is 2. The Hall–Kier alpha value is -1.66. The lowest BCUT2D eigenvalue weighted by Crippen LogP contribution is -2.43. The third-order valence-corrected chi connectivity index (χ3v) is 2.42. The molecule has 0 aliphatic rings. The van der Waals surface area contributed by atoms with Gasteiger partial charge >= 0.3 is 6.03 Å². The zero-order chi connectivity index (χ0) is 14.3. The topological polar surface area (TPSA) is 64.8 Å². The van der Waals surface area contributed by atoms with Crippen LogP contribution in [0, 0.1) is 5.82 Å². The van der Waals surface area contributed by atoms with E-state index < -0.39 is 18.1 Å². The van der Waals surface area contributed by atoms with Crippen molar-refractivity contribution in [3.8, 4) is 0 Å². The number of hydrogen-bond donors (Lipinski definition) is 1. The number of rotatable bonds is 7. The molecule has 2 N–H and O–H groups in total. The van der Waals surface area contributed by atoms with Crippen LogP contribution >= 0.6 is 0 Å². The second-order valence-electron chi connectivity index (χ2n) is 3.77. The predicted molar refractivity (Wildman–Crippen MR) is 70.4 cm³/mol. The Morgan fingerprint density at radius 2 is 2.00 bits per heavy atom. The van der Waals surface area contributed by atoms with Gasteiger partial charge in [-0.2, -0.15) is 0 Å². The van der Waals surface area contributed by atoms with Gasteiger partial charge in [-0.1, -0.05) is 6.07 Å². The summed E-state index contributed by atoms with van der Waals surface area (Å²) in [5.41, 5.74) is 5.68. The van der Waals surface area contributed by atoms with Crippen LogP contribution in [0.4, 0.5) is 14.9 Å². The zero-order valence-electron chi connectivity index (χ0n) is 11.1. The number of nitrogens with two attached hydrogens (primary N) is 1. The maximum absolute atomic E-state index is 13.2. The van der Waals surface area contributed by atoms with Crippen molar-refractivity contribution in [3.63, 3.8) is 0 Å². The molecule has 0 aromatic heterocycles. The van der Waals surface area contributed by atoms with Crippen LogP contribution in [0.2, 0.25) is 0 Å². The first kappa shape index (κ1) is 15.4. The van der Waals surface area contributed by atoms with E-state index in [1.165, 1.54) is 23.1 Å². The molecule has 0 aliphatic heterocycles. The molecule has 0 bridgehead atoms. The van der Waals surface area contributed by atoms with E-state index in [0.717, 1.165) is 0 Å². The second kappa shape index (κ2) is 7.70. The van der Waals surface area contributed by atoms with Crippen LogP contribution in [0.15, 0.2) is 24.3 Å². The maximum Gasteiger partial charge on any atom is 0.319 e. The summed E-state index contributed by atoms with van der Waals surface area (Å²) in [4.78, 5) is 12.7. The van der Waals surface area contributed by atoms with Gasteiger partial charge in [-0.3, -0.25) is 4.90 Å². The van der Waals surface area contributed by atoms with E-state index in [2.05, 4.69) is 0 Å². The van der Waals surface area contributed by atoms with Crippen molar-refractivity contribution in [1.82, 2.24) is 0 Å². The number of ether oxygens (including phenoxy) is 2. The van der Waals surface area contributed by atoms with Crippen LogP contribution in [0.1, 0.15) is 13.8 Å². The van der Waals surface area contributed by atoms with Crippen molar-refractivity contribution in [2.24, 2.45) is 5.73 Å². The molecular weight excluding hydrogens is 251 g/mol. The van der Waals surface area contributed by atoms with E-state index in [-0.39, 0.29) is 6.54 Å². The minimum atomic E-state index is -0.685. The number of anilines is 1. The first-order valence-corrected chi connectivity index (χ1v) is 6.14. The van der Waals surface area contributed by atoms with Crippen LogP contribution in [-0.4, -0.2) is 32.1 Å². The number of primary amides is 1. The Kier molecular flexibility index (Phi) is 6.24. The monoisotopic (exact) mass is 270 g/mol. The highest BCUT2D eigenvalue weighted by molar-refractivity contribution is 5.90. The van der Waals surface area contributed by atoms with E-state index >= 15 is 0 Å². The predicted octanol–water partition coefficient (Wildman–Crippen LogP) is 2.11. The molecule has 1 rings (SSSR count). The average Bonchev–Trinajstić information content (AvgIpc) is 2.35. The highest BCUT2D eigenvalue weighted by Gasteiger charge is 2.19. The molecule has 0 fully saturated rings. The van der Waals surface area contributed by atoms with Gasteiger partial charge in [0.15, 0.2) is 6.29 Å². The minimum Gasteiger partial charge on any atom is -0.351 e. The standard InChI is InChI=1S/C13H19FN2O3/c1-3-18-12(19-4-2)9-16(13(15)17)11-7-5-6-10(14)8-11/h5-8,12H,3-4,9H2,1-2H3,(H2,15,17). The largest absolute Gasteiger partial charge is 0.351 e. The molecule has 0 radical (unpaired) electrons. The number of benzene rings is 1. The second-order valence-corrected chi connectivity index (χ2v) is 3.77. The van der Waals surface area contributed by atoms with E-state index in [1.807, 2.05) is 13.8 Å². The summed E-state index contributed by atoms with van der Waals surface area (Å²) in [7, 11) is 0. The van der Waals surface area contributed by atoms with Crippen molar-refractivity contribution in [2.75, 3.05) is 24.7 Å². The van der Waals surface area contributed by atoms with Crippen LogP contribution < -0.4 is 10.6 Å². The fraction of sp³-hybridized carbons (Fsp3) is 0.462. The number of halogens is 1. The first-order valence-electron chi connectivity index (χ1n) is 6.14. The maximum atomic E-state index is 13.2. The quantitative estimate of drug-likeness (QED) is 0.772. The number of hydrogen-bond acceptors (Lipinski definition) is 3. The number of carbonyl (C=O) groups is 1. The Morgan fingerprint density at radius 1 is 1.37 bits per heavy atom. The van der Waals surface area contributed by atoms with Gasteiger partial charge in [0.05, 0.1) is 6.54 Å². The molecule has 0 aliphatic carbocycles. The Bertz CT molecular complexity index is 409. The lowest BCUT2D eigenvalue weighted by Gasteiger charge is -2.26. The van der Waals surface area contributed by atoms with Gasteiger partial charge in [0.25, 0.3) is 0 Å². The summed E-state index contributed by atoms with van der Waals surface area (Å²) >= 11 is 0. The average molecular weight is 270 g/mol. The highest BCUT2D eigenvalue weighted by atomic mass is 19.1. The summed E-state index contributed by atoms with van der Waals surface area (Å²) in [6, 6.07) is 4.96. The van der Waals surface area contributed by atoms with Gasteiger partial charge in [-0.25, -0.2) is 9.18 Å². The molecule has 1 aromatic rings. The Labute approximate surface area is 112 Å². The molecule has 0 saturated carbocycles. The Morgan fingerprint density at radius 3 is 2.47 bits per heavy atom. The molecule has 19 heavy (non-hydrogen) atoms. The van der Waals surface area contributed by atoms with E-state index in [1.54, 1.807) is 6.07 Å². The highest BCUT2D eigenvalue weighted by Crippen LogP contribution is 2.16. The molecule has 2 amide bonds. The van der Waals surface area contributed by atoms with Crippen LogP contribution in [-0.2, 0) is 9.47 Å². The molecule has 5 nitrogen and oxygen atoms in total. The van der Waals surface area contributed by atoms with Crippen molar-refractivity contribution in [3.05, 3.63) is 30.1 Å². The van der Waals surface area contributed by atoms with Gasteiger partial charge < -0.3 is 15.2 Å². The molecule has 0 atom stereocenters. The summed E-state index contributed by atoms with van der Waals surface area (Å²) in [5, 5.41) is 0. The van der Waals surface area contributed by atoms with Crippen molar-refractivity contribution < 1.29 is 18.7 Å². The molecular formula is C13H19FN2O3. The smallest absolute Gasteiger partial charge is 0.319 e. The number of carbonyl (C=O) groups excluding carboxylic acids is 1. The summed E-state index contributed by atoms with van der Waals surface area (Å²) in [5.74, 6) is -0.437. The minimum absolute atomic E-state index is 0.112. The van der Waals surface area contributed by atoms with Crippen molar-refractivity contribution >= 4 is 11.7 Å². The van der Waals surface area contributed by atoms with Gasteiger partial charge in [0.1, 0.15) is 5.82 Å². The Balaban J connectivity index is 2.85. The molecule has 0 spiro atoms. The molecule has 0 unspecified atom stereocenters. The third kappa shape index (κ3) is 4.84. The summed E-state index contributed by atoms with van der Waals surface area (Å²) in [6.07, 6.45) is -0.592. The van der Waals surface area contributed by atoms with Gasteiger partial charge in [-0.05, 0) is 32.0 Å². The van der Waals surface area contributed by atoms with E-state index in [9.17, 15) is 9.18 Å².